The van der Waals surface area contributed by atoms with Gasteiger partial charge in [0.05, 0.1) is 0 Å². The van der Waals surface area contributed by atoms with Crippen LogP contribution in [0.1, 0.15) is 36.6 Å². The predicted octanol–water partition coefficient (Wildman–Crippen LogP) is 1.03. The van der Waals surface area contributed by atoms with Gasteiger partial charge in [-0.2, -0.15) is 0 Å². The zero-order chi connectivity index (χ0) is 14.1. The smallest absolute Gasteiger partial charge is 0.221 e. The van der Waals surface area contributed by atoms with Crippen LogP contribution in [0.25, 0.3) is 0 Å². The Morgan fingerprint density at radius 2 is 2.10 bits per heavy atom. The fourth-order valence-electron chi connectivity index (χ4n) is 2.58. The van der Waals surface area contributed by atoms with Crippen LogP contribution in [0.2, 0.25) is 0 Å². The topological polar surface area (TPSA) is 70.2 Å². The molecule has 0 spiro atoms. The van der Waals surface area contributed by atoms with Crippen LogP contribution in [0.4, 0.5) is 11.6 Å². The summed E-state index contributed by atoms with van der Waals surface area (Å²) in [4.78, 5) is 23.1. The fourth-order valence-corrected chi connectivity index (χ4v) is 2.58. The van der Waals surface area contributed by atoms with E-state index < -0.39 is 0 Å². The largest absolute Gasteiger partial charge is 0.373 e. The van der Waals surface area contributed by atoms with Gasteiger partial charge in [-0.15, -0.1) is 0 Å². The highest BCUT2D eigenvalue weighted by molar-refractivity contribution is 5.77. The van der Waals surface area contributed by atoms with Gasteiger partial charge in [0.1, 0.15) is 17.5 Å². The Labute approximate surface area is 119 Å². The van der Waals surface area contributed by atoms with Gasteiger partial charge in [-0.25, -0.2) is 9.97 Å². The average molecular weight is 275 g/mol. The molecule has 0 unspecified atom stereocenters. The molecule has 6 nitrogen and oxygen atoms in total. The molecule has 20 heavy (non-hydrogen) atoms. The second-order valence-electron chi connectivity index (χ2n) is 5.49. The molecule has 0 aromatic carbocycles. The van der Waals surface area contributed by atoms with E-state index in [2.05, 4.69) is 20.5 Å². The monoisotopic (exact) mass is 275 g/mol. The van der Waals surface area contributed by atoms with Gasteiger partial charge in [0.15, 0.2) is 0 Å². The summed E-state index contributed by atoms with van der Waals surface area (Å²) in [6, 6.07) is 0. The number of hydrogen-bond donors (Lipinski definition) is 2. The van der Waals surface area contributed by atoms with Crippen LogP contribution in [0.5, 0.6) is 0 Å². The standard InChI is InChI=1S/C14H21N5O/c1-9-12(15-2)17-13(10-3-4-10)18-14(9)19-7-5-11(20)16-6-8-19/h10H,3-8H2,1-2H3,(H,16,20)(H,15,17,18). The third-order valence-corrected chi connectivity index (χ3v) is 3.93. The minimum atomic E-state index is 0.121. The normalized spacial score (nSPS) is 19.5. The summed E-state index contributed by atoms with van der Waals surface area (Å²) in [5.74, 6) is 3.46. The number of rotatable bonds is 3. The molecular formula is C14H21N5O. The first kappa shape index (κ1) is 13.1. The van der Waals surface area contributed by atoms with E-state index in [0.29, 0.717) is 18.9 Å². The Morgan fingerprint density at radius 3 is 2.80 bits per heavy atom. The van der Waals surface area contributed by atoms with Crippen molar-refractivity contribution in [2.45, 2.75) is 32.1 Å². The Kier molecular flexibility index (Phi) is 3.46. The van der Waals surface area contributed by atoms with E-state index in [1.807, 2.05) is 14.0 Å². The van der Waals surface area contributed by atoms with Crippen molar-refractivity contribution in [2.75, 3.05) is 36.9 Å². The number of anilines is 2. The maximum absolute atomic E-state index is 11.5. The lowest BCUT2D eigenvalue weighted by atomic mass is 10.2. The van der Waals surface area contributed by atoms with Gasteiger partial charge in [-0.05, 0) is 19.8 Å². The molecule has 1 saturated heterocycles. The Morgan fingerprint density at radius 1 is 1.30 bits per heavy atom. The second-order valence-corrected chi connectivity index (χ2v) is 5.49. The molecule has 0 atom stereocenters. The third-order valence-electron chi connectivity index (χ3n) is 3.93. The summed E-state index contributed by atoms with van der Waals surface area (Å²) in [5.41, 5.74) is 1.06. The maximum atomic E-state index is 11.5. The molecule has 1 aliphatic heterocycles. The summed E-state index contributed by atoms with van der Waals surface area (Å²) in [5, 5.41) is 6.06. The van der Waals surface area contributed by atoms with E-state index in [1.54, 1.807) is 0 Å². The fraction of sp³-hybridized carbons (Fsp3) is 0.643. The minimum Gasteiger partial charge on any atom is -0.373 e. The van der Waals surface area contributed by atoms with Gasteiger partial charge in [0.25, 0.3) is 0 Å². The van der Waals surface area contributed by atoms with Crippen molar-refractivity contribution < 1.29 is 4.79 Å². The van der Waals surface area contributed by atoms with E-state index in [4.69, 9.17) is 4.98 Å². The Bertz CT molecular complexity index is 527. The summed E-state index contributed by atoms with van der Waals surface area (Å²) >= 11 is 0. The number of aromatic nitrogens is 2. The SMILES string of the molecule is CNc1nc(C2CC2)nc(N2CCNC(=O)CC2)c1C. The van der Waals surface area contributed by atoms with Gasteiger partial charge in [0, 0.05) is 44.6 Å². The van der Waals surface area contributed by atoms with Gasteiger partial charge in [-0.1, -0.05) is 0 Å². The number of carbonyl (C=O) groups is 1. The minimum absolute atomic E-state index is 0.121. The Hall–Kier alpha value is -1.85. The first-order chi connectivity index (χ1) is 9.69. The number of hydrogen-bond acceptors (Lipinski definition) is 5. The lowest BCUT2D eigenvalue weighted by Gasteiger charge is -2.24. The van der Waals surface area contributed by atoms with Gasteiger partial charge >= 0.3 is 0 Å². The van der Waals surface area contributed by atoms with Crippen LogP contribution in [-0.2, 0) is 4.79 Å². The average Bonchev–Trinajstić information content (AvgIpc) is 3.27. The van der Waals surface area contributed by atoms with Crippen molar-refractivity contribution in [3.8, 4) is 0 Å². The zero-order valence-electron chi connectivity index (χ0n) is 12.1. The molecule has 2 aliphatic rings. The van der Waals surface area contributed by atoms with Crippen molar-refractivity contribution in [3.05, 3.63) is 11.4 Å². The van der Waals surface area contributed by atoms with Gasteiger partial charge < -0.3 is 15.5 Å². The quantitative estimate of drug-likeness (QED) is 0.862. The molecule has 1 aromatic heterocycles. The molecule has 0 bridgehead atoms. The van der Waals surface area contributed by atoms with Crippen molar-refractivity contribution in [1.29, 1.82) is 0 Å². The zero-order valence-corrected chi connectivity index (χ0v) is 12.1. The number of carbonyl (C=O) groups excluding carboxylic acids is 1. The van der Waals surface area contributed by atoms with E-state index in [1.165, 1.54) is 12.8 Å². The van der Waals surface area contributed by atoms with Crippen LogP contribution in [-0.4, -0.2) is 42.6 Å². The van der Waals surface area contributed by atoms with E-state index in [-0.39, 0.29) is 5.91 Å². The first-order valence-corrected chi connectivity index (χ1v) is 7.27. The molecule has 3 rings (SSSR count). The number of nitrogens with one attached hydrogen (secondary N) is 2. The highest BCUT2D eigenvalue weighted by Crippen LogP contribution is 2.40. The van der Waals surface area contributed by atoms with E-state index >= 15 is 0 Å². The van der Waals surface area contributed by atoms with Crippen LogP contribution in [0.3, 0.4) is 0 Å². The summed E-state index contributed by atoms with van der Waals surface area (Å²) in [6.45, 7) is 4.24. The highest BCUT2D eigenvalue weighted by Gasteiger charge is 2.29. The van der Waals surface area contributed by atoms with E-state index in [9.17, 15) is 4.79 Å². The summed E-state index contributed by atoms with van der Waals surface area (Å²) in [6.07, 6.45) is 2.90. The van der Waals surface area contributed by atoms with Crippen LogP contribution >= 0.6 is 0 Å². The van der Waals surface area contributed by atoms with Crippen molar-refractivity contribution in [3.63, 3.8) is 0 Å². The molecule has 0 radical (unpaired) electrons. The molecule has 1 saturated carbocycles. The summed E-state index contributed by atoms with van der Waals surface area (Å²) in [7, 11) is 1.89. The Balaban J connectivity index is 1.93. The lowest BCUT2D eigenvalue weighted by molar-refractivity contribution is -0.120. The molecular weight excluding hydrogens is 254 g/mol. The molecule has 108 valence electrons. The van der Waals surface area contributed by atoms with Gasteiger partial charge in [0.2, 0.25) is 5.91 Å². The molecule has 2 N–H and O–H groups in total. The van der Waals surface area contributed by atoms with Gasteiger partial charge in [-0.3, -0.25) is 4.79 Å². The van der Waals surface area contributed by atoms with E-state index in [0.717, 1.165) is 36.1 Å². The van der Waals surface area contributed by atoms with Crippen molar-refractivity contribution in [1.82, 2.24) is 15.3 Å². The highest BCUT2D eigenvalue weighted by atomic mass is 16.1. The van der Waals surface area contributed by atoms with Crippen molar-refractivity contribution >= 4 is 17.5 Å². The molecule has 2 heterocycles. The maximum Gasteiger partial charge on any atom is 0.221 e. The predicted molar refractivity (Wildman–Crippen MR) is 78.1 cm³/mol. The third kappa shape index (κ3) is 2.55. The number of nitrogens with zero attached hydrogens (tertiary/aromatic N) is 3. The molecule has 1 amide bonds. The van der Waals surface area contributed by atoms with Crippen LogP contribution in [0, 0.1) is 6.92 Å². The molecule has 2 fully saturated rings. The lowest BCUT2D eigenvalue weighted by Crippen LogP contribution is -2.30. The molecule has 1 aromatic rings. The first-order valence-electron chi connectivity index (χ1n) is 7.27. The molecule has 6 heteroatoms. The van der Waals surface area contributed by atoms with Crippen molar-refractivity contribution in [2.24, 2.45) is 0 Å². The second kappa shape index (κ2) is 5.26. The van der Waals surface area contributed by atoms with Crippen LogP contribution in [0.15, 0.2) is 0 Å². The summed E-state index contributed by atoms with van der Waals surface area (Å²) < 4.78 is 0. The molecule has 1 aliphatic carbocycles. The number of amides is 1. The van der Waals surface area contributed by atoms with Crippen LogP contribution < -0.4 is 15.5 Å².